The summed E-state index contributed by atoms with van der Waals surface area (Å²) in [6.45, 7) is -0.168. The van der Waals surface area contributed by atoms with Crippen LogP contribution in [0.15, 0.2) is 30.3 Å². The molecule has 30 heavy (non-hydrogen) atoms. The average molecular weight is 456 g/mol. The Labute approximate surface area is 182 Å². The van der Waals surface area contributed by atoms with Gasteiger partial charge in [0.05, 0.1) is 42.3 Å². The zero-order chi connectivity index (χ0) is 22.3. The van der Waals surface area contributed by atoms with E-state index in [2.05, 4.69) is 10.6 Å². The van der Waals surface area contributed by atoms with E-state index in [4.69, 9.17) is 32.7 Å². The van der Waals surface area contributed by atoms with Crippen LogP contribution in [0.1, 0.15) is 15.9 Å². The first-order valence-electron chi connectivity index (χ1n) is 8.66. The van der Waals surface area contributed by atoms with Crippen molar-refractivity contribution in [3.8, 4) is 11.5 Å². The number of rotatable bonds is 9. The van der Waals surface area contributed by atoms with Crippen molar-refractivity contribution in [3.05, 3.63) is 61.6 Å². The fourth-order valence-electron chi connectivity index (χ4n) is 2.61. The Morgan fingerprint density at radius 3 is 2.33 bits per heavy atom. The molecule has 0 bridgehead atoms. The monoisotopic (exact) mass is 455 g/mol. The van der Waals surface area contributed by atoms with Crippen LogP contribution in [0, 0.1) is 10.1 Å². The van der Waals surface area contributed by atoms with Crippen LogP contribution in [0.3, 0.4) is 0 Å². The number of carbonyl (C=O) groups excluding carboxylic acids is 2. The van der Waals surface area contributed by atoms with Gasteiger partial charge >= 0.3 is 0 Å². The molecule has 0 fully saturated rings. The Kier molecular flexibility index (Phi) is 8.25. The first kappa shape index (κ1) is 23.2. The molecule has 0 aliphatic heterocycles. The lowest BCUT2D eigenvalue weighted by molar-refractivity contribution is -0.385. The Bertz CT molecular complexity index is 968. The quantitative estimate of drug-likeness (QED) is 0.442. The van der Waals surface area contributed by atoms with E-state index in [0.29, 0.717) is 16.3 Å². The fourth-order valence-corrected chi connectivity index (χ4v) is 3.10. The van der Waals surface area contributed by atoms with Gasteiger partial charge in [-0.3, -0.25) is 19.7 Å². The van der Waals surface area contributed by atoms with E-state index in [0.717, 1.165) is 0 Å². The summed E-state index contributed by atoms with van der Waals surface area (Å²) in [6, 6.07) is 7.15. The number of nitrogens with zero attached hydrogens (tertiary/aromatic N) is 1. The van der Waals surface area contributed by atoms with E-state index in [1.165, 1.54) is 44.6 Å². The average Bonchev–Trinajstić information content (AvgIpc) is 2.71. The number of ether oxygens (including phenoxy) is 2. The number of benzene rings is 2. The van der Waals surface area contributed by atoms with Gasteiger partial charge in [-0.05, 0) is 30.7 Å². The minimum Gasteiger partial charge on any atom is -0.493 e. The van der Waals surface area contributed by atoms with Crippen LogP contribution >= 0.6 is 23.2 Å². The second-order valence-corrected chi connectivity index (χ2v) is 6.84. The van der Waals surface area contributed by atoms with E-state index >= 15 is 0 Å². The molecule has 2 aromatic rings. The topological polar surface area (TPSA) is 120 Å². The standard InChI is InChI=1S/C19H19Cl2N3O6/c1-29-16-7-11(15(24(27)28)9-17(16)30-2)5-6-22-18(25)10-23-19(26)13-4-3-12(20)8-14(13)21/h3-4,7-9H,5-6,10H2,1-2H3,(H,22,25)(H,23,26). The molecule has 2 rings (SSSR count). The number of carbonyl (C=O) groups is 2. The first-order valence-corrected chi connectivity index (χ1v) is 9.41. The van der Waals surface area contributed by atoms with Gasteiger partial charge in [-0.1, -0.05) is 23.2 Å². The maximum absolute atomic E-state index is 12.1. The number of halogens is 2. The highest BCUT2D eigenvalue weighted by atomic mass is 35.5. The summed E-state index contributed by atoms with van der Waals surface area (Å²) in [5.74, 6) is -0.406. The number of nitrogens with one attached hydrogen (secondary N) is 2. The van der Waals surface area contributed by atoms with E-state index in [9.17, 15) is 19.7 Å². The fraction of sp³-hybridized carbons (Fsp3) is 0.263. The second kappa shape index (κ2) is 10.7. The molecular weight excluding hydrogens is 437 g/mol. The molecule has 0 aliphatic carbocycles. The molecule has 0 atom stereocenters. The summed E-state index contributed by atoms with van der Waals surface area (Å²) in [5.41, 5.74) is 0.414. The maximum Gasteiger partial charge on any atom is 0.276 e. The van der Waals surface area contributed by atoms with Gasteiger partial charge in [0, 0.05) is 17.1 Å². The van der Waals surface area contributed by atoms with Gasteiger partial charge in [0.1, 0.15) is 0 Å². The molecule has 11 heteroatoms. The van der Waals surface area contributed by atoms with Crippen LogP contribution < -0.4 is 20.1 Å². The minimum atomic E-state index is -0.533. The van der Waals surface area contributed by atoms with Crippen LogP contribution in [0.25, 0.3) is 0 Å². The van der Waals surface area contributed by atoms with Gasteiger partial charge in [-0.15, -0.1) is 0 Å². The number of hydrogen-bond donors (Lipinski definition) is 2. The molecular formula is C19H19Cl2N3O6. The molecule has 2 amide bonds. The van der Waals surface area contributed by atoms with Crippen molar-refractivity contribution in [2.75, 3.05) is 27.3 Å². The molecule has 0 unspecified atom stereocenters. The van der Waals surface area contributed by atoms with Crippen molar-refractivity contribution < 1.29 is 24.0 Å². The van der Waals surface area contributed by atoms with E-state index in [1.54, 1.807) is 0 Å². The lowest BCUT2D eigenvalue weighted by Gasteiger charge is -2.11. The molecule has 0 saturated heterocycles. The Morgan fingerprint density at radius 1 is 1.07 bits per heavy atom. The Hall–Kier alpha value is -3.04. The van der Waals surface area contributed by atoms with Crippen molar-refractivity contribution in [1.29, 1.82) is 0 Å². The molecule has 2 aromatic carbocycles. The SMILES string of the molecule is COc1cc(CCNC(=O)CNC(=O)c2ccc(Cl)cc2Cl)c([N+](=O)[O-])cc1OC. The molecule has 0 radical (unpaired) electrons. The van der Waals surface area contributed by atoms with Crippen molar-refractivity contribution in [2.45, 2.75) is 6.42 Å². The third-order valence-electron chi connectivity index (χ3n) is 4.08. The predicted octanol–water partition coefficient (Wildman–Crippen LogP) is 3.01. The Morgan fingerprint density at radius 2 is 1.73 bits per heavy atom. The zero-order valence-corrected chi connectivity index (χ0v) is 17.7. The normalized spacial score (nSPS) is 10.3. The summed E-state index contributed by atoms with van der Waals surface area (Å²) >= 11 is 11.7. The number of nitro groups is 1. The summed E-state index contributed by atoms with van der Waals surface area (Å²) in [4.78, 5) is 34.9. The summed E-state index contributed by atoms with van der Waals surface area (Å²) in [7, 11) is 2.80. The van der Waals surface area contributed by atoms with Gasteiger partial charge in [-0.2, -0.15) is 0 Å². The van der Waals surface area contributed by atoms with Gasteiger partial charge in [0.2, 0.25) is 5.91 Å². The minimum absolute atomic E-state index is 0.118. The second-order valence-electron chi connectivity index (χ2n) is 6.00. The number of nitro benzene ring substituents is 1. The van der Waals surface area contributed by atoms with Gasteiger partial charge in [0.15, 0.2) is 11.5 Å². The van der Waals surface area contributed by atoms with Crippen LogP contribution in [0.2, 0.25) is 10.0 Å². The van der Waals surface area contributed by atoms with Crippen LogP contribution in [0.5, 0.6) is 11.5 Å². The van der Waals surface area contributed by atoms with E-state index in [-0.39, 0.29) is 41.5 Å². The molecule has 0 spiro atoms. The molecule has 0 aromatic heterocycles. The molecule has 0 aliphatic rings. The van der Waals surface area contributed by atoms with Crippen LogP contribution in [-0.4, -0.2) is 44.0 Å². The smallest absolute Gasteiger partial charge is 0.276 e. The number of methoxy groups -OCH3 is 2. The highest BCUT2D eigenvalue weighted by molar-refractivity contribution is 6.36. The Balaban J connectivity index is 1.92. The predicted molar refractivity (Wildman–Crippen MR) is 112 cm³/mol. The van der Waals surface area contributed by atoms with Crippen LogP contribution in [0.4, 0.5) is 5.69 Å². The maximum atomic E-state index is 12.1. The highest BCUT2D eigenvalue weighted by Gasteiger charge is 2.19. The zero-order valence-electron chi connectivity index (χ0n) is 16.2. The van der Waals surface area contributed by atoms with Gasteiger partial charge in [0.25, 0.3) is 11.6 Å². The third-order valence-corrected chi connectivity index (χ3v) is 4.63. The molecule has 160 valence electrons. The van der Waals surface area contributed by atoms with Crippen molar-refractivity contribution >= 4 is 40.7 Å². The highest BCUT2D eigenvalue weighted by Crippen LogP contribution is 2.34. The number of amides is 2. The van der Waals surface area contributed by atoms with Crippen molar-refractivity contribution in [1.82, 2.24) is 10.6 Å². The summed E-state index contributed by atoms with van der Waals surface area (Å²) < 4.78 is 10.2. The summed E-state index contributed by atoms with van der Waals surface area (Å²) in [5, 5.41) is 16.9. The largest absolute Gasteiger partial charge is 0.493 e. The van der Waals surface area contributed by atoms with Crippen molar-refractivity contribution in [2.24, 2.45) is 0 Å². The number of hydrogen-bond acceptors (Lipinski definition) is 6. The van der Waals surface area contributed by atoms with Gasteiger partial charge < -0.3 is 20.1 Å². The first-order chi connectivity index (χ1) is 14.3. The third kappa shape index (κ3) is 5.98. The molecule has 0 saturated carbocycles. The van der Waals surface area contributed by atoms with Gasteiger partial charge in [-0.25, -0.2) is 0 Å². The lowest BCUT2D eigenvalue weighted by Crippen LogP contribution is -2.37. The molecule has 9 nitrogen and oxygen atoms in total. The lowest BCUT2D eigenvalue weighted by atomic mass is 10.1. The van der Waals surface area contributed by atoms with Crippen molar-refractivity contribution in [3.63, 3.8) is 0 Å². The summed E-state index contributed by atoms with van der Waals surface area (Å²) in [6.07, 6.45) is 0.180. The van der Waals surface area contributed by atoms with E-state index in [1.807, 2.05) is 0 Å². The molecule has 2 N–H and O–H groups in total. The van der Waals surface area contributed by atoms with Crippen LogP contribution in [-0.2, 0) is 11.2 Å². The molecule has 0 heterocycles. The van der Waals surface area contributed by atoms with E-state index < -0.39 is 16.7 Å².